The van der Waals surface area contributed by atoms with Crippen LogP contribution in [0.2, 0.25) is 0 Å². The quantitative estimate of drug-likeness (QED) is 0.819. The predicted octanol–water partition coefficient (Wildman–Crippen LogP) is 3.79. The van der Waals surface area contributed by atoms with Crippen molar-refractivity contribution in [1.82, 2.24) is 5.32 Å². The van der Waals surface area contributed by atoms with Gasteiger partial charge in [0.05, 0.1) is 5.69 Å². The molecule has 2 aromatic rings. The highest BCUT2D eigenvalue weighted by Gasteiger charge is 2.20. The summed E-state index contributed by atoms with van der Waals surface area (Å²) in [6, 6.07) is 12.8. The lowest BCUT2D eigenvalue weighted by molar-refractivity contribution is -0.139. The third-order valence-corrected chi connectivity index (χ3v) is 3.48. The van der Waals surface area contributed by atoms with E-state index in [2.05, 4.69) is 15.5 Å². The topological polar surface area (TPSA) is 91.1 Å². The highest BCUT2D eigenvalue weighted by Crippen LogP contribution is 2.19. The van der Waals surface area contributed by atoms with Gasteiger partial charge in [-0.25, -0.2) is 9.59 Å². The lowest BCUT2D eigenvalue weighted by Crippen LogP contribution is -2.40. The van der Waals surface area contributed by atoms with Gasteiger partial charge in [0.2, 0.25) is 0 Å². The molecule has 2 amide bonds. The fourth-order valence-electron chi connectivity index (χ4n) is 2.24. The van der Waals surface area contributed by atoms with Crippen molar-refractivity contribution in [2.75, 3.05) is 0 Å². The van der Waals surface area contributed by atoms with Gasteiger partial charge in [-0.15, -0.1) is 5.11 Å². The number of urea groups is 1. The van der Waals surface area contributed by atoms with Gasteiger partial charge in [0, 0.05) is 6.42 Å². The minimum atomic E-state index is -1.12. The predicted molar refractivity (Wildman–Crippen MR) is 90.5 cm³/mol. The summed E-state index contributed by atoms with van der Waals surface area (Å²) in [5.41, 5.74) is 3.37. The van der Waals surface area contributed by atoms with Crippen LogP contribution in [-0.2, 0) is 11.2 Å². The van der Waals surface area contributed by atoms with Crippen LogP contribution in [0.3, 0.4) is 0 Å². The van der Waals surface area contributed by atoms with Crippen LogP contribution in [0.15, 0.2) is 58.8 Å². The summed E-state index contributed by atoms with van der Waals surface area (Å²) in [7, 11) is 0. The summed E-state index contributed by atoms with van der Waals surface area (Å²) in [5.74, 6) is -1.12. The Morgan fingerprint density at radius 1 is 1.12 bits per heavy atom. The van der Waals surface area contributed by atoms with Crippen LogP contribution in [0, 0.1) is 13.8 Å². The van der Waals surface area contributed by atoms with Crippen molar-refractivity contribution in [2.45, 2.75) is 26.3 Å². The van der Waals surface area contributed by atoms with E-state index in [-0.39, 0.29) is 6.42 Å². The SMILES string of the molecule is Cc1ccc(/N=N/C(=O)NC(Cc2ccccc2)C(=O)O)c(C)c1. The first-order valence-electron chi connectivity index (χ1n) is 7.52. The zero-order chi connectivity index (χ0) is 17.5. The lowest BCUT2D eigenvalue weighted by atomic mass is 10.1. The van der Waals surface area contributed by atoms with E-state index in [0.29, 0.717) is 5.69 Å². The number of carboxylic acids is 1. The number of aliphatic carboxylic acids is 1. The van der Waals surface area contributed by atoms with Crippen molar-refractivity contribution < 1.29 is 14.7 Å². The number of rotatable bonds is 5. The number of aryl methyl sites for hydroxylation is 2. The highest BCUT2D eigenvalue weighted by molar-refractivity contribution is 5.83. The Hall–Kier alpha value is -3.02. The standard InChI is InChI=1S/C18H19N3O3/c1-12-8-9-15(13(2)10-12)20-21-18(24)19-16(17(22)23)11-14-6-4-3-5-7-14/h3-10,16H,11H2,1-2H3,(H,19,24)(H,22,23)/b21-20+. The van der Waals surface area contributed by atoms with Crippen molar-refractivity contribution in [2.24, 2.45) is 10.2 Å². The number of benzene rings is 2. The molecule has 2 rings (SSSR count). The van der Waals surface area contributed by atoms with Gasteiger partial charge in [0.25, 0.3) is 0 Å². The van der Waals surface area contributed by atoms with Crippen molar-refractivity contribution in [3.05, 3.63) is 65.2 Å². The number of hydrogen-bond acceptors (Lipinski definition) is 3. The van der Waals surface area contributed by atoms with E-state index in [1.807, 2.05) is 44.2 Å². The molecule has 0 aliphatic carbocycles. The Bertz CT molecular complexity index is 757. The van der Waals surface area contributed by atoms with E-state index in [9.17, 15) is 14.7 Å². The second-order valence-corrected chi connectivity index (χ2v) is 5.52. The maximum absolute atomic E-state index is 11.9. The van der Waals surface area contributed by atoms with Crippen LogP contribution in [-0.4, -0.2) is 23.1 Å². The summed E-state index contributed by atoms with van der Waals surface area (Å²) < 4.78 is 0. The zero-order valence-corrected chi connectivity index (χ0v) is 13.6. The molecule has 0 fully saturated rings. The first-order chi connectivity index (χ1) is 11.5. The summed E-state index contributed by atoms with van der Waals surface area (Å²) >= 11 is 0. The van der Waals surface area contributed by atoms with Gasteiger partial charge in [-0.2, -0.15) is 0 Å². The molecule has 0 saturated heterocycles. The summed E-state index contributed by atoms with van der Waals surface area (Å²) in [6.45, 7) is 3.83. The van der Waals surface area contributed by atoms with Gasteiger partial charge in [-0.3, -0.25) is 0 Å². The molecule has 0 aliphatic rings. The first kappa shape index (κ1) is 17.3. The van der Waals surface area contributed by atoms with Crippen LogP contribution in [0.25, 0.3) is 0 Å². The molecule has 24 heavy (non-hydrogen) atoms. The van der Waals surface area contributed by atoms with E-state index in [1.54, 1.807) is 18.2 Å². The van der Waals surface area contributed by atoms with E-state index < -0.39 is 18.0 Å². The van der Waals surface area contributed by atoms with Crippen molar-refractivity contribution >= 4 is 17.7 Å². The van der Waals surface area contributed by atoms with Gasteiger partial charge < -0.3 is 10.4 Å². The van der Waals surface area contributed by atoms with Crippen LogP contribution >= 0.6 is 0 Å². The molecule has 6 nitrogen and oxygen atoms in total. The number of nitrogens with zero attached hydrogens (tertiary/aromatic N) is 2. The Kier molecular flexibility index (Phi) is 5.78. The van der Waals surface area contributed by atoms with Gasteiger partial charge in [-0.1, -0.05) is 53.1 Å². The van der Waals surface area contributed by atoms with Gasteiger partial charge >= 0.3 is 12.0 Å². The Morgan fingerprint density at radius 3 is 2.46 bits per heavy atom. The van der Waals surface area contributed by atoms with Crippen molar-refractivity contribution in [3.8, 4) is 0 Å². The van der Waals surface area contributed by atoms with Gasteiger partial charge in [-0.05, 0) is 31.0 Å². The molecule has 1 atom stereocenters. The van der Waals surface area contributed by atoms with Crippen LogP contribution in [0.1, 0.15) is 16.7 Å². The van der Waals surface area contributed by atoms with E-state index in [1.165, 1.54) is 0 Å². The van der Waals surface area contributed by atoms with E-state index >= 15 is 0 Å². The maximum atomic E-state index is 11.9. The molecule has 2 aromatic carbocycles. The van der Waals surface area contributed by atoms with E-state index in [4.69, 9.17) is 0 Å². The van der Waals surface area contributed by atoms with Crippen LogP contribution < -0.4 is 5.32 Å². The third-order valence-electron chi connectivity index (χ3n) is 3.48. The Balaban J connectivity index is 2.02. The number of hydrogen-bond donors (Lipinski definition) is 2. The molecule has 0 saturated carbocycles. The highest BCUT2D eigenvalue weighted by atomic mass is 16.4. The fourth-order valence-corrected chi connectivity index (χ4v) is 2.24. The minimum absolute atomic E-state index is 0.182. The fraction of sp³-hybridized carbons (Fsp3) is 0.222. The van der Waals surface area contributed by atoms with Crippen molar-refractivity contribution in [3.63, 3.8) is 0 Å². The lowest BCUT2D eigenvalue weighted by Gasteiger charge is -2.12. The monoisotopic (exact) mass is 325 g/mol. The number of carbonyl (C=O) groups is 2. The third kappa shape index (κ3) is 5.01. The molecule has 0 aromatic heterocycles. The molecule has 0 spiro atoms. The van der Waals surface area contributed by atoms with Gasteiger partial charge in [0.1, 0.15) is 6.04 Å². The van der Waals surface area contributed by atoms with E-state index in [0.717, 1.165) is 16.7 Å². The molecule has 6 heteroatoms. The Labute approximate surface area is 140 Å². The summed E-state index contributed by atoms with van der Waals surface area (Å²) in [4.78, 5) is 23.2. The average Bonchev–Trinajstić information content (AvgIpc) is 2.54. The second-order valence-electron chi connectivity index (χ2n) is 5.52. The molecule has 124 valence electrons. The number of azo groups is 1. The zero-order valence-electron chi connectivity index (χ0n) is 13.6. The van der Waals surface area contributed by atoms with Crippen LogP contribution in [0.4, 0.5) is 10.5 Å². The Morgan fingerprint density at radius 2 is 1.83 bits per heavy atom. The smallest absolute Gasteiger partial charge is 0.360 e. The average molecular weight is 325 g/mol. The molecule has 0 aliphatic heterocycles. The van der Waals surface area contributed by atoms with Crippen LogP contribution in [0.5, 0.6) is 0 Å². The normalized spacial score (nSPS) is 12.1. The molecule has 0 radical (unpaired) electrons. The maximum Gasteiger partial charge on any atom is 0.360 e. The number of carboxylic acid groups (broad SMARTS) is 1. The number of amides is 2. The number of carbonyl (C=O) groups excluding carboxylic acids is 1. The molecular formula is C18H19N3O3. The molecule has 2 N–H and O–H groups in total. The minimum Gasteiger partial charge on any atom is -0.480 e. The van der Waals surface area contributed by atoms with Gasteiger partial charge in [0.15, 0.2) is 0 Å². The number of nitrogens with one attached hydrogen (secondary N) is 1. The summed E-state index contributed by atoms with van der Waals surface area (Å²) in [6.07, 6.45) is 0.182. The molecule has 0 heterocycles. The first-order valence-corrected chi connectivity index (χ1v) is 7.52. The summed E-state index contributed by atoms with van der Waals surface area (Å²) in [5, 5.41) is 19.1. The molecule has 0 bridgehead atoms. The largest absolute Gasteiger partial charge is 0.480 e. The molecular weight excluding hydrogens is 306 g/mol. The van der Waals surface area contributed by atoms with Crippen molar-refractivity contribution in [1.29, 1.82) is 0 Å². The second kappa shape index (κ2) is 8.01. The molecule has 1 unspecified atom stereocenters.